The number of hydrogen-bond acceptors (Lipinski definition) is 14. The van der Waals surface area contributed by atoms with Crippen molar-refractivity contribution >= 4 is 39.8 Å². The fraction of sp³-hybridized carbons (Fsp3) is 0.143. The molecule has 2 rings (SSSR count). The zero-order valence-corrected chi connectivity index (χ0v) is 16.2. The highest BCUT2D eigenvalue weighted by molar-refractivity contribution is 6.00. The molecule has 0 aromatic heterocycles. The maximum absolute atomic E-state index is 11.9. The highest BCUT2D eigenvalue weighted by atomic mass is 16.6. The predicted molar refractivity (Wildman–Crippen MR) is 107 cm³/mol. The lowest BCUT2D eigenvalue weighted by molar-refractivity contribution is -0.404. The minimum Gasteiger partial charge on any atom is -0.395 e. The van der Waals surface area contributed by atoms with E-state index in [0.717, 1.165) is 0 Å². The quantitative estimate of drug-likeness (QED) is 0.361. The number of aliphatic hydroxyl groups is 1. The summed E-state index contributed by atoms with van der Waals surface area (Å²) in [6.07, 6.45) is 0. The Morgan fingerprint density at radius 2 is 1.06 bits per heavy atom. The van der Waals surface area contributed by atoms with Crippen LogP contribution in [0.1, 0.15) is 0 Å². The molecule has 0 bridgehead atoms. The van der Waals surface area contributed by atoms with Gasteiger partial charge in [0.15, 0.2) is 16.8 Å². The molecule has 20 heteroatoms. The molecule has 0 spiro atoms. The van der Waals surface area contributed by atoms with Gasteiger partial charge in [-0.3, -0.25) is 60.7 Å². The number of anilines is 1. The lowest BCUT2D eigenvalue weighted by atomic mass is 9.95. The van der Waals surface area contributed by atoms with Gasteiger partial charge in [0, 0.05) is 6.54 Å². The van der Waals surface area contributed by atoms with Crippen molar-refractivity contribution < 1.29 is 34.6 Å². The van der Waals surface area contributed by atoms with E-state index in [1.54, 1.807) is 0 Å². The van der Waals surface area contributed by atoms with E-state index in [4.69, 9.17) is 5.11 Å². The standard InChI is InChI=1S/C14H9N7O13/c22-2-1-15-13-10(20(31)32)5-9(19(29)30)12(14(13)21(33)34)11-7(17(25)26)3-6(16(23)24)4-8(11)18(27)28/h3-5,15,22H,1-2H2. The number of rotatable bonds is 10. The molecule has 0 unspecified atom stereocenters. The van der Waals surface area contributed by atoms with Crippen LogP contribution in [-0.4, -0.2) is 47.8 Å². The topological polar surface area (TPSA) is 291 Å². The van der Waals surface area contributed by atoms with Gasteiger partial charge in [0.2, 0.25) is 0 Å². The third-order valence-electron chi connectivity index (χ3n) is 4.18. The first kappa shape index (κ1) is 24.9. The van der Waals surface area contributed by atoms with Gasteiger partial charge in [-0.1, -0.05) is 0 Å². The largest absolute Gasteiger partial charge is 0.395 e. The fourth-order valence-electron chi connectivity index (χ4n) is 2.96. The number of hydrogen-bond donors (Lipinski definition) is 2. The lowest BCUT2D eigenvalue weighted by Gasteiger charge is -2.11. The third kappa shape index (κ3) is 4.45. The Morgan fingerprint density at radius 1 is 0.618 bits per heavy atom. The number of benzene rings is 2. The van der Waals surface area contributed by atoms with Gasteiger partial charge in [-0.25, -0.2) is 0 Å². The molecular formula is C14H9N7O13. The van der Waals surface area contributed by atoms with Gasteiger partial charge in [-0.05, 0) is 0 Å². The van der Waals surface area contributed by atoms with Crippen molar-refractivity contribution in [1.82, 2.24) is 0 Å². The van der Waals surface area contributed by atoms with Crippen molar-refractivity contribution in [1.29, 1.82) is 0 Å². The second-order valence-electron chi connectivity index (χ2n) is 6.07. The number of nitrogens with zero attached hydrogens (tertiary/aromatic N) is 6. The van der Waals surface area contributed by atoms with Gasteiger partial charge in [0.05, 0.1) is 54.3 Å². The molecule has 2 N–H and O–H groups in total. The Morgan fingerprint density at radius 3 is 1.41 bits per heavy atom. The van der Waals surface area contributed by atoms with E-state index in [-0.39, 0.29) is 18.2 Å². The van der Waals surface area contributed by atoms with Gasteiger partial charge in [-0.2, -0.15) is 0 Å². The Hall–Kier alpha value is -5.40. The predicted octanol–water partition coefficient (Wildman–Crippen LogP) is 2.21. The van der Waals surface area contributed by atoms with E-state index >= 15 is 0 Å². The maximum Gasteiger partial charge on any atom is 0.314 e. The molecule has 0 atom stereocenters. The zero-order chi connectivity index (χ0) is 25.9. The van der Waals surface area contributed by atoms with Gasteiger partial charge in [-0.15, -0.1) is 0 Å². The van der Waals surface area contributed by atoms with Crippen LogP contribution in [0.2, 0.25) is 0 Å². The van der Waals surface area contributed by atoms with Gasteiger partial charge in [0.1, 0.15) is 0 Å². The minimum absolute atomic E-state index is 0.177. The lowest BCUT2D eigenvalue weighted by Crippen LogP contribution is -2.12. The highest BCUT2D eigenvalue weighted by Gasteiger charge is 2.44. The van der Waals surface area contributed by atoms with Gasteiger partial charge >= 0.3 is 11.4 Å². The summed E-state index contributed by atoms with van der Waals surface area (Å²) in [5.41, 5.74) is -12.2. The molecule has 178 valence electrons. The Labute approximate surface area is 183 Å². The highest BCUT2D eigenvalue weighted by Crippen LogP contribution is 2.53. The molecule has 0 radical (unpaired) electrons. The van der Waals surface area contributed by atoms with Crippen LogP contribution in [0, 0.1) is 60.7 Å². The summed E-state index contributed by atoms with van der Waals surface area (Å²) in [4.78, 5) is 61.1. The van der Waals surface area contributed by atoms with Crippen molar-refractivity contribution in [3.05, 3.63) is 78.9 Å². The molecule has 2 aromatic carbocycles. The SMILES string of the molecule is O=[N+]([O-])c1cc([N+](=O)[O-])c(-c2c([N+](=O)[O-])cc([N+](=O)[O-])c(NCCO)c2[N+](=O)[O-])c([N+](=O)[O-])c1. The van der Waals surface area contributed by atoms with Crippen molar-refractivity contribution in [3.63, 3.8) is 0 Å². The molecule has 0 aliphatic carbocycles. The number of non-ortho nitro benzene ring substituents is 1. The average Bonchev–Trinajstić information content (AvgIpc) is 2.74. The molecule has 0 fully saturated rings. The molecule has 0 heterocycles. The summed E-state index contributed by atoms with van der Waals surface area (Å²) in [5.74, 6) is 0. The fourth-order valence-corrected chi connectivity index (χ4v) is 2.96. The molecule has 0 aliphatic rings. The Balaban J connectivity index is 3.30. The smallest absolute Gasteiger partial charge is 0.314 e. The summed E-state index contributed by atoms with van der Waals surface area (Å²) in [7, 11) is 0. The molecule has 34 heavy (non-hydrogen) atoms. The van der Waals surface area contributed by atoms with Crippen molar-refractivity contribution in [2.45, 2.75) is 0 Å². The van der Waals surface area contributed by atoms with Crippen LogP contribution in [0.3, 0.4) is 0 Å². The molecule has 0 saturated heterocycles. The summed E-state index contributed by atoms with van der Waals surface area (Å²) in [6, 6.07) is 0.562. The van der Waals surface area contributed by atoms with E-state index in [1.165, 1.54) is 0 Å². The van der Waals surface area contributed by atoms with Crippen molar-refractivity contribution in [2.24, 2.45) is 0 Å². The average molecular weight is 483 g/mol. The van der Waals surface area contributed by atoms with E-state index in [1.807, 2.05) is 0 Å². The number of nitro groups is 6. The number of nitrogens with one attached hydrogen (secondary N) is 1. The monoisotopic (exact) mass is 483 g/mol. The van der Waals surface area contributed by atoms with Crippen LogP contribution in [0.25, 0.3) is 11.1 Å². The minimum atomic E-state index is -1.53. The molecule has 20 nitrogen and oxygen atoms in total. The summed E-state index contributed by atoms with van der Waals surface area (Å²) in [6.45, 7) is -1.30. The van der Waals surface area contributed by atoms with Crippen LogP contribution in [0.15, 0.2) is 18.2 Å². The Bertz CT molecular complexity index is 1240. The summed E-state index contributed by atoms with van der Waals surface area (Å²) < 4.78 is 0. The van der Waals surface area contributed by atoms with Crippen LogP contribution in [-0.2, 0) is 0 Å². The molecule has 0 amide bonds. The molecule has 2 aromatic rings. The van der Waals surface area contributed by atoms with Crippen LogP contribution < -0.4 is 5.32 Å². The summed E-state index contributed by atoms with van der Waals surface area (Å²) >= 11 is 0. The van der Waals surface area contributed by atoms with Crippen LogP contribution in [0.5, 0.6) is 0 Å². The second kappa shape index (κ2) is 9.39. The van der Waals surface area contributed by atoms with Crippen molar-refractivity contribution in [2.75, 3.05) is 18.5 Å². The van der Waals surface area contributed by atoms with Gasteiger partial charge in [0.25, 0.3) is 22.7 Å². The second-order valence-corrected chi connectivity index (χ2v) is 6.07. The van der Waals surface area contributed by atoms with Crippen LogP contribution in [0.4, 0.5) is 39.8 Å². The number of aliphatic hydroxyl groups excluding tert-OH is 1. The third-order valence-corrected chi connectivity index (χ3v) is 4.18. The van der Waals surface area contributed by atoms with Crippen molar-refractivity contribution in [3.8, 4) is 11.1 Å². The van der Waals surface area contributed by atoms with E-state index in [9.17, 15) is 60.7 Å². The molecule has 0 saturated carbocycles. The first-order chi connectivity index (χ1) is 15.8. The molecule has 0 aliphatic heterocycles. The van der Waals surface area contributed by atoms with E-state index in [0.29, 0.717) is 0 Å². The van der Waals surface area contributed by atoms with Gasteiger partial charge < -0.3 is 10.4 Å². The normalized spacial score (nSPS) is 10.4. The zero-order valence-electron chi connectivity index (χ0n) is 16.2. The Kier molecular flexibility index (Phi) is 6.87. The summed E-state index contributed by atoms with van der Waals surface area (Å²) in [5, 5.41) is 80.3. The van der Waals surface area contributed by atoms with E-state index in [2.05, 4.69) is 5.32 Å². The van der Waals surface area contributed by atoms with E-state index < -0.39 is 93.6 Å². The van der Waals surface area contributed by atoms with Crippen LogP contribution >= 0.6 is 0 Å². The number of nitro benzene ring substituents is 6. The first-order valence-electron chi connectivity index (χ1n) is 8.43. The molecular weight excluding hydrogens is 474 g/mol. The first-order valence-corrected chi connectivity index (χ1v) is 8.43. The maximum atomic E-state index is 11.9.